The van der Waals surface area contributed by atoms with Crippen LogP contribution in [0.15, 0.2) is 40.1 Å². The monoisotopic (exact) mass is 392 g/mol. The summed E-state index contributed by atoms with van der Waals surface area (Å²) in [6.07, 6.45) is 0.989. The second-order valence-electron chi connectivity index (χ2n) is 5.27. The van der Waals surface area contributed by atoms with E-state index in [9.17, 15) is 21.2 Å². The summed E-state index contributed by atoms with van der Waals surface area (Å²) < 4.78 is 66.7. The zero-order chi connectivity index (χ0) is 18.3. The van der Waals surface area contributed by atoms with Crippen LogP contribution in [0.2, 0.25) is 5.02 Å². The van der Waals surface area contributed by atoms with Crippen LogP contribution in [0.3, 0.4) is 0 Å². The van der Waals surface area contributed by atoms with Crippen molar-refractivity contribution >= 4 is 31.6 Å². The molecule has 0 saturated carbocycles. The van der Waals surface area contributed by atoms with E-state index in [0.717, 1.165) is 24.5 Å². The number of hydrogen-bond acceptors (Lipinski definition) is 5. The first-order chi connectivity index (χ1) is 10.9. The molecule has 0 saturated heterocycles. The Kier molecular flexibility index (Phi) is 4.94. The fraction of sp³-hybridized carbons (Fsp3) is 0.200. The molecule has 0 spiro atoms. The van der Waals surface area contributed by atoms with Crippen LogP contribution < -0.4 is 4.18 Å². The number of halogens is 2. The van der Waals surface area contributed by atoms with Gasteiger partial charge in [0.1, 0.15) is 10.7 Å². The fourth-order valence-electron chi connectivity index (χ4n) is 2.14. The Hall–Kier alpha value is -1.64. The Bertz CT molecular complexity index is 1010. The van der Waals surface area contributed by atoms with E-state index < -0.39 is 25.8 Å². The summed E-state index contributed by atoms with van der Waals surface area (Å²) in [5.74, 6) is -0.893. The van der Waals surface area contributed by atoms with Crippen LogP contribution in [0, 0.1) is 19.7 Å². The predicted octanol–water partition coefficient (Wildman–Crippen LogP) is 3.27. The number of hydrogen-bond donors (Lipinski definition) is 0. The van der Waals surface area contributed by atoms with Gasteiger partial charge in [0, 0.05) is 6.26 Å². The Morgan fingerprint density at radius 3 is 2.12 bits per heavy atom. The quantitative estimate of drug-likeness (QED) is 0.746. The van der Waals surface area contributed by atoms with Gasteiger partial charge in [-0.25, -0.2) is 12.8 Å². The molecule has 0 aliphatic carbocycles. The fourth-order valence-corrected chi connectivity index (χ4v) is 4.81. The summed E-state index contributed by atoms with van der Waals surface area (Å²) >= 11 is 5.77. The van der Waals surface area contributed by atoms with Gasteiger partial charge in [-0.15, -0.1) is 0 Å². The smallest absolute Gasteiger partial charge is 0.339 e. The average molecular weight is 393 g/mol. The van der Waals surface area contributed by atoms with Gasteiger partial charge in [-0.2, -0.15) is 8.42 Å². The third-order valence-corrected chi connectivity index (χ3v) is 6.10. The minimum Gasteiger partial charge on any atom is -0.377 e. The summed E-state index contributed by atoms with van der Waals surface area (Å²) in [6, 6.07) is 5.68. The average Bonchev–Trinajstić information content (AvgIpc) is 2.42. The molecule has 2 aromatic rings. The zero-order valence-corrected chi connectivity index (χ0v) is 15.4. The van der Waals surface area contributed by atoms with Crippen LogP contribution in [0.1, 0.15) is 11.1 Å². The van der Waals surface area contributed by atoms with E-state index in [2.05, 4.69) is 0 Å². The maximum atomic E-state index is 13.0. The van der Waals surface area contributed by atoms with Gasteiger partial charge >= 0.3 is 10.1 Å². The van der Waals surface area contributed by atoms with Crippen molar-refractivity contribution in [3.8, 4) is 5.75 Å². The van der Waals surface area contributed by atoms with E-state index in [1.807, 2.05) is 0 Å². The lowest BCUT2D eigenvalue weighted by Crippen LogP contribution is -2.14. The maximum absolute atomic E-state index is 13.0. The number of rotatable bonds is 4. The molecule has 2 aromatic carbocycles. The van der Waals surface area contributed by atoms with E-state index in [1.165, 1.54) is 19.1 Å². The van der Waals surface area contributed by atoms with E-state index in [-0.39, 0.29) is 26.1 Å². The van der Waals surface area contributed by atoms with Crippen LogP contribution in [0.4, 0.5) is 4.39 Å². The van der Waals surface area contributed by atoms with Gasteiger partial charge in [0.2, 0.25) is 0 Å². The van der Waals surface area contributed by atoms with Crippen molar-refractivity contribution in [2.45, 2.75) is 23.6 Å². The topological polar surface area (TPSA) is 77.5 Å². The molecule has 9 heteroatoms. The molecule has 0 fully saturated rings. The van der Waals surface area contributed by atoms with Crippen molar-refractivity contribution in [3.63, 3.8) is 0 Å². The SMILES string of the molecule is Cc1cc(S(C)(=O)=O)c(C)c(S(=O)(=O)Oc2ccc(F)cc2Cl)c1. The first kappa shape index (κ1) is 18.7. The summed E-state index contributed by atoms with van der Waals surface area (Å²) in [6.45, 7) is 2.94. The maximum Gasteiger partial charge on any atom is 0.339 e. The second kappa shape index (κ2) is 6.34. The molecule has 0 aliphatic heterocycles. The molecule has 2 rings (SSSR count). The standard InChI is InChI=1S/C15H14ClFO5S2/c1-9-6-14(23(3,18)19)10(2)15(7-9)24(20,21)22-13-5-4-11(17)8-12(13)16/h4-8H,1-3H3. The first-order valence-electron chi connectivity index (χ1n) is 6.62. The van der Waals surface area contributed by atoms with Gasteiger partial charge in [0.25, 0.3) is 0 Å². The van der Waals surface area contributed by atoms with Crippen LogP contribution in [-0.4, -0.2) is 23.1 Å². The second-order valence-corrected chi connectivity index (χ2v) is 9.18. The normalized spacial score (nSPS) is 12.2. The predicted molar refractivity (Wildman–Crippen MR) is 88.2 cm³/mol. The van der Waals surface area contributed by atoms with E-state index in [4.69, 9.17) is 15.8 Å². The summed E-state index contributed by atoms with van der Waals surface area (Å²) in [5, 5.41) is -0.216. The van der Waals surface area contributed by atoms with Crippen molar-refractivity contribution in [1.82, 2.24) is 0 Å². The molecule has 0 atom stereocenters. The molecule has 0 radical (unpaired) electrons. The van der Waals surface area contributed by atoms with E-state index in [1.54, 1.807) is 6.92 Å². The van der Waals surface area contributed by atoms with Crippen LogP contribution in [-0.2, 0) is 20.0 Å². The Labute approximate surface area is 145 Å². The van der Waals surface area contributed by atoms with E-state index in [0.29, 0.717) is 5.56 Å². The van der Waals surface area contributed by atoms with Crippen LogP contribution in [0.25, 0.3) is 0 Å². The minimum absolute atomic E-state index is 0.0429. The first-order valence-corrected chi connectivity index (χ1v) is 10.3. The Morgan fingerprint density at radius 2 is 1.58 bits per heavy atom. The van der Waals surface area contributed by atoms with Crippen molar-refractivity contribution in [2.24, 2.45) is 0 Å². The van der Waals surface area contributed by atoms with Crippen LogP contribution in [0.5, 0.6) is 5.75 Å². The molecule has 0 N–H and O–H groups in total. The molecule has 0 unspecified atom stereocenters. The van der Waals surface area contributed by atoms with Gasteiger partial charge in [-0.1, -0.05) is 11.6 Å². The van der Waals surface area contributed by atoms with Crippen LogP contribution >= 0.6 is 11.6 Å². The molecule has 0 aliphatic rings. The Balaban J connectivity index is 2.60. The molecule has 0 bridgehead atoms. The van der Waals surface area contributed by atoms with Gasteiger partial charge in [-0.05, 0) is 55.3 Å². The molecule has 0 amide bonds. The summed E-state index contributed by atoms with van der Waals surface area (Å²) in [4.78, 5) is -0.391. The van der Waals surface area contributed by atoms with Crippen molar-refractivity contribution in [2.75, 3.05) is 6.26 Å². The number of aryl methyl sites for hydroxylation is 1. The highest BCUT2D eigenvalue weighted by atomic mass is 35.5. The highest BCUT2D eigenvalue weighted by molar-refractivity contribution is 7.91. The minimum atomic E-state index is -4.36. The zero-order valence-electron chi connectivity index (χ0n) is 13.0. The lowest BCUT2D eigenvalue weighted by Gasteiger charge is -2.14. The third kappa shape index (κ3) is 3.88. The number of sulfone groups is 1. The molecular weight excluding hydrogens is 379 g/mol. The van der Waals surface area contributed by atoms with Gasteiger partial charge in [-0.3, -0.25) is 0 Å². The van der Waals surface area contributed by atoms with Crippen molar-refractivity contribution in [3.05, 3.63) is 52.3 Å². The van der Waals surface area contributed by atoms with Gasteiger partial charge < -0.3 is 4.18 Å². The summed E-state index contributed by atoms with van der Waals surface area (Å²) in [5.41, 5.74) is 0.481. The van der Waals surface area contributed by atoms with Gasteiger partial charge in [0.15, 0.2) is 15.6 Å². The highest BCUT2D eigenvalue weighted by Gasteiger charge is 2.25. The molecular formula is C15H14ClFO5S2. The molecule has 0 aromatic heterocycles. The molecule has 24 heavy (non-hydrogen) atoms. The molecule has 5 nitrogen and oxygen atoms in total. The number of benzene rings is 2. The van der Waals surface area contributed by atoms with Crippen molar-refractivity contribution in [1.29, 1.82) is 0 Å². The van der Waals surface area contributed by atoms with Gasteiger partial charge in [0.05, 0.1) is 9.92 Å². The third-order valence-electron chi connectivity index (χ3n) is 3.22. The highest BCUT2D eigenvalue weighted by Crippen LogP contribution is 2.31. The lowest BCUT2D eigenvalue weighted by molar-refractivity contribution is 0.484. The molecule has 130 valence electrons. The van der Waals surface area contributed by atoms with Crippen molar-refractivity contribution < 1.29 is 25.4 Å². The molecule has 0 heterocycles. The van der Waals surface area contributed by atoms with E-state index >= 15 is 0 Å². The largest absolute Gasteiger partial charge is 0.377 e. The Morgan fingerprint density at radius 1 is 1.00 bits per heavy atom. The summed E-state index contributed by atoms with van der Waals surface area (Å²) in [7, 11) is -7.98. The lowest BCUT2D eigenvalue weighted by atomic mass is 10.2.